The molecule has 0 bridgehead atoms. The van der Waals surface area contributed by atoms with E-state index in [9.17, 15) is 4.21 Å². The minimum Gasteiger partial charge on any atom is -0.497 e. The standard InChI is InChI=1S/C24H40N4O2S/c1-4-31(29)22-10-8-9-20(17-22)27-24(25-2)26-18-23(28-15-6-5-7-16-28)19-11-13-21(30-3)14-12-19/h11-14,20,22-23H,4-10,15-18H2,1-3H3,(H2,25,26,27). The Morgan fingerprint density at radius 3 is 2.58 bits per heavy atom. The van der Waals surface area contributed by atoms with Crippen LogP contribution >= 0.6 is 0 Å². The first-order valence-corrected chi connectivity index (χ1v) is 13.2. The number of piperidine rings is 1. The van der Waals surface area contributed by atoms with Gasteiger partial charge in [-0.05, 0) is 62.9 Å². The van der Waals surface area contributed by atoms with Gasteiger partial charge in [0.05, 0.1) is 13.2 Å². The highest BCUT2D eigenvalue weighted by atomic mass is 32.2. The number of guanidine groups is 1. The molecule has 1 aromatic carbocycles. The summed E-state index contributed by atoms with van der Waals surface area (Å²) in [6, 6.07) is 9.11. The zero-order valence-electron chi connectivity index (χ0n) is 19.4. The summed E-state index contributed by atoms with van der Waals surface area (Å²) in [5.41, 5.74) is 1.31. The van der Waals surface area contributed by atoms with E-state index in [0.717, 1.165) is 62.8 Å². The lowest BCUT2D eigenvalue weighted by Gasteiger charge is -2.36. The average Bonchev–Trinajstić information content (AvgIpc) is 2.84. The van der Waals surface area contributed by atoms with E-state index >= 15 is 0 Å². The van der Waals surface area contributed by atoms with Crippen molar-refractivity contribution in [3.05, 3.63) is 29.8 Å². The van der Waals surface area contributed by atoms with Gasteiger partial charge in [0.15, 0.2) is 5.96 Å². The Labute approximate surface area is 190 Å². The number of methoxy groups -OCH3 is 1. The fourth-order valence-corrected chi connectivity index (χ4v) is 6.19. The molecule has 7 heteroatoms. The second kappa shape index (κ2) is 12.4. The van der Waals surface area contributed by atoms with Crippen LogP contribution in [0.4, 0.5) is 0 Å². The molecule has 1 heterocycles. The number of hydrogen-bond donors (Lipinski definition) is 2. The number of nitrogens with zero attached hydrogens (tertiary/aromatic N) is 2. The molecule has 1 saturated carbocycles. The lowest BCUT2D eigenvalue weighted by Crippen LogP contribution is -2.49. The van der Waals surface area contributed by atoms with Gasteiger partial charge in [0.2, 0.25) is 0 Å². The summed E-state index contributed by atoms with van der Waals surface area (Å²) in [7, 11) is 2.83. The van der Waals surface area contributed by atoms with Crippen LogP contribution in [0.25, 0.3) is 0 Å². The van der Waals surface area contributed by atoms with E-state index in [2.05, 4.69) is 44.8 Å². The molecule has 3 rings (SSSR count). The Hall–Kier alpha value is -1.60. The molecule has 1 saturated heterocycles. The van der Waals surface area contributed by atoms with Crippen LogP contribution < -0.4 is 15.4 Å². The summed E-state index contributed by atoms with van der Waals surface area (Å²) >= 11 is 0. The number of rotatable bonds is 8. The highest BCUT2D eigenvalue weighted by Gasteiger charge is 2.27. The third-order valence-electron chi connectivity index (χ3n) is 6.64. The largest absolute Gasteiger partial charge is 0.497 e. The number of nitrogens with one attached hydrogen (secondary N) is 2. The van der Waals surface area contributed by atoms with Gasteiger partial charge in [-0.1, -0.05) is 31.9 Å². The summed E-state index contributed by atoms with van der Waals surface area (Å²) in [6.07, 6.45) is 8.15. The lowest BCUT2D eigenvalue weighted by atomic mass is 9.95. The van der Waals surface area contributed by atoms with Crippen molar-refractivity contribution in [3.63, 3.8) is 0 Å². The topological polar surface area (TPSA) is 66.0 Å². The van der Waals surface area contributed by atoms with Crippen LogP contribution in [0, 0.1) is 0 Å². The monoisotopic (exact) mass is 448 g/mol. The SMILES string of the molecule is CCS(=O)C1CCCC(NC(=NC)NCC(c2ccc(OC)cc2)N2CCCCC2)C1. The number of aliphatic imine (C=N–C) groups is 1. The third kappa shape index (κ3) is 6.94. The van der Waals surface area contributed by atoms with Gasteiger partial charge in [-0.3, -0.25) is 14.1 Å². The predicted molar refractivity (Wildman–Crippen MR) is 130 cm³/mol. The second-order valence-corrected chi connectivity index (χ2v) is 10.6. The van der Waals surface area contributed by atoms with Crippen molar-refractivity contribution in [2.45, 2.75) is 69.2 Å². The molecule has 0 radical (unpaired) electrons. The van der Waals surface area contributed by atoms with Crippen molar-refractivity contribution in [1.82, 2.24) is 15.5 Å². The van der Waals surface area contributed by atoms with E-state index in [0.29, 0.717) is 17.3 Å². The number of benzene rings is 1. The highest BCUT2D eigenvalue weighted by Crippen LogP contribution is 2.26. The Morgan fingerprint density at radius 1 is 1.19 bits per heavy atom. The normalized spacial score (nSPS) is 24.9. The van der Waals surface area contributed by atoms with Crippen LogP contribution in [0.5, 0.6) is 5.75 Å². The molecule has 1 aliphatic heterocycles. The third-order valence-corrected chi connectivity index (χ3v) is 8.38. The van der Waals surface area contributed by atoms with Crippen LogP contribution in [0.1, 0.15) is 63.5 Å². The molecule has 4 unspecified atom stereocenters. The fourth-order valence-electron chi connectivity index (χ4n) is 4.85. The summed E-state index contributed by atoms with van der Waals surface area (Å²) in [6.45, 7) is 5.10. The van der Waals surface area contributed by atoms with E-state index in [1.165, 1.54) is 24.8 Å². The molecule has 174 valence electrons. The first-order valence-electron chi connectivity index (χ1n) is 11.9. The van der Waals surface area contributed by atoms with Crippen molar-refractivity contribution in [2.75, 3.05) is 39.5 Å². The molecular weight excluding hydrogens is 408 g/mol. The van der Waals surface area contributed by atoms with Crippen molar-refractivity contribution >= 4 is 16.8 Å². The molecule has 0 amide bonds. The van der Waals surface area contributed by atoms with Crippen molar-refractivity contribution in [2.24, 2.45) is 4.99 Å². The maximum absolute atomic E-state index is 12.3. The zero-order chi connectivity index (χ0) is 22.1. The van der Waals surface area contributed by atoms with Crippen molar-refractivity contribution < 1.29 is 8.95 Å². The van der Waals surface area contributed by atoms with Crippen LogP contribution in [-0.4, -0.2) is 65.9 Å². The van der Waals surface area contributed by atoms with Crippen LogP contribution in [0.15, 0.2) is 29.3 Å². The van der Waals surface area contributed by atoms with Gasteiger partial charge in [0.1, 0.15) is 5.75 Å². The molecule has 0 aromatic heterocycles. The van der Waals surface area contributed by atoms with E-state index in [-0.39, 0.29) is 0 Å². The Balaban J connectivity index is 1.62. The fraction of sp³-hybridized carbons (Fsp3) is 0.708. The zero-order valence-corrected chi connectivity index (χ0v) is 20.3. The van der Waals surface area contributed by atoms with Gasteiger partial charge >= 0.3 is 0 Å². The van der Waals surface area contributed by atoms with Gasteiger partial charge in [0.25, 0.3) is 0 Å². The molecule has 2 N–H and O–H groups in total. The first-order chi connectivity index (χ1) is 15.1. The van der Waals surface area contributed by atoms with Crippen LogP contribution in [0.3, 0.4) is 0 Å². The predicted octanol–water partition coefficient (Wildman–Crippen LogP) is 3.47. The molecule has 6 nitrogen and oxygen atoms in total. The van der Waals surface area contributed by atoms with E-state index in [1.54, 1.807) is 7.11 Å². The summed E-state index contributed by atoms with van der Waals surface area (Å²) in [5.74, 6) is 2.50. The van der Waals surface area contributed by atoms with Gasteiger partial charge in [-0.15, -0.1) is 0 Å². The maximum atomic E-state index is 12.3. The van der Waals surface area contributed by atoms with Gasteiger partial charge in [0, 0.05) is 41.4 Å². The Bertz CT molecular complexity index is 719. The number of ether oxygens (including phenoxy) is 1. The summed E-state index contributed by atoms with van der Waals surface area (Å²) < 4.78 is 17.6. The maximum Gasteiger partial charge on any atom is 0.191 e. The molecule has 0 spiro atoms. The number of likely N-dealkylation sites (tertiary alicyclic amines) is 1. The Kier molecular flexibility index (Phi) is 9.65. The molecular formula is C24H40N4O2S. The minimum atomic E-state index is -0.710. The quantitative estimate of drug-likeness (QED) is 0.471. The van der Waals surface area contributed by atoms with Gasteiger partial charge in [-0.25, -0.2) is 0 Å². The van der Waals surface area contributed by atoms with E-state index < -0.39 is 10.8 Å². The molecule has 4 atom stereocenters. The summed E-state index contributed by atoms with van der Waals surface area (Å²) in [4.78, 5) is 7.08. The number of hydrogen-bond acceptors (Lipinski definition) is 4. The second-order valence-electron chi connectivity index (χ2n) is 8.64. The van der Waals surface area contributed by atoms with Crippen molar-refractivity contribution in [3.8, 4) is 5.75 Å². The highest BCUT2D eigenvalue weighted by molar-refractivity contribution is 7.85. The van der Waals surface area contributed by atoms with E-state index in [1.807, 2.05) is 14.0 Å². The molecule has 31 heavy (non-hydrogen) atoms. The Morgan fingerprint density at radius 2 is 1.94 bits per heavy atom. The van der Waals surface area contributed by atoms with Crippen molar-refractivity contribution in [1.29, 1.82) is 0 Å². The van der Waals surface area contributed by atoms with Gasteiger partial charge in [-0.2, -0.15) is 0 Å². The smallest absolute Gasteiger partial charge is 0.191 e. The molecule has 1 aliphatic carbocycles. The summed E-state index contributed by atoms with van der Waals surface area (Å²) in [5, 5.41) is 7.51. The average molecular weight is 449 g/mol. The molecule has 2 aliphatic rings. The molecule has 1 aromatic rings. The lowest BCUT2D eigenvalue weighted by molar-refractivity contribution is 0.164. The van der Waals surface area contributed by atoms with Crippen LogP contribution in [-0.2, 0) is 10.8 Å². The minimum absolute atomic E-state index is 0.302. The van der Waals surface area contributed by atoms with E-state index in [4.69, 9.17) is 4.74 Å². The van der Waals surface area contributed by atoms with Crippen LogP contribution in [0.2, 0.25) is 0 Å². The first kappa shape index (κ1) is 24.1. The van der Waals surface area contributed by atoms with Gasteiger partial charge < -0.3 is 15.4 Å². The molecule has 2 fully saturated rings.